The van der Waals surface area contributed by atoms with E-state index in [0.717, 1.165) is 0 Å². The highest BCUT2D eigenvalue weighted by Gasteiger charge is 2.03. The molecular weight excluding hydrogens is 300 g/mol. The molecule has 2 aromatic carbocycles. The average molecular weight is 310 g/mol. The van der Waals surface area contributed by atoms with E-state index in [1.807, 2.05) is 0 Å². The number of hydrogen-bond acceptors (Lipinski definition) is 1. The number of amides is 1. The Morgan fingerprint density at radius 2 is 1.95 bits per heavy atom. The van der Waals surface area contributed by atoms with Gasteiger partial charge in [-0.25, -0.2) is 4.39 Å². The molecule has 1 N–H and O–H groups in total. The average Bonchev–Trinajstić information content (AvgIpc) is 2.40. The molecule has 0 aromatic heterocycles. The maximum Gasteiger partial charge on any atom is 0.248 e. The van der Waals surface area contributed by atoms with Crippen LogP contribution in [0.5, 0.6) is 0 Å². The van der Waals surface area contributed by atoms with Crippen LogP contribution in [0.1, 0.15) is 5.56 Å². The van der Waals surface area contributed by atoms with Crippen molar-refractivity contribution in [1.29, 1.82) is 0 Å². The van der Waals surface area contributed by atoms with Crippen molar-refractivity contribution in [2.24, 2.45) is 0 Å². The molecule has 102 valence electrons. The molecule has 0 saturated heterocycles. The van der Waals surface area contributed by atoms with Gasteiger partial charge >= 0.3 is 0 Å². The molecule has 0 spiro atoms. The Kier molecular flexibility index (Phi) is 4.77. The molecule has 2 aromatic rings. The summed E-state index contributed by atoms with van der Waals surface area (Å²) in [4.78, 5) is 11.7. The Labute approximate surface area is 125 Å². The summed E-state index contributed by atoms with van der Waals surface area (Å²) in [5, 5.41) is 3.45. The standard InChI is InChI=1S/C15H10Cl2FNO/c16-11-5-6-14(13(17)9-11)19-15(20)7-4-10-2-1-3-12(18)8-10/h1-9H,(H,19,20)/b7-4+. The second-order valence-corrected chi connectivity index (χ2v) is 4.85. The van der Waals surface area contributed by atoms with Gasteiger partial charge in [-0.05, 0) is 42.0 Å². The Hall–Kier alpha value is -1.84. The largest absolute Gasteiger partial charge is 0.321 e. The van der Waals surface area contributed by atoms with Crippen molar-refractivity contribution in [1.82, 2.24) is 0 Å². The van der Waals surface area contributed by atoms with Crippen molar-refractivity contribution in [3.63, 3.8) is 0 Å². The molecule has 0 aliphatic heterocycles. The Bertz CT molecular complexity index is 671. The molecule has 0 aliphatic rings. The lowest BCUT2D eigenvalue weighted by Gasteiger charge is -2.04. The summed E-state index contributed by atoms with van der Waals surface area (Å²) in [6.07, 6.45) is 2.82. The highest BCUT2D eigenvalue weighted by atomic mass is 35.5. The first-order chi connectivity index (χ1) is 9.54. The third-order valence-corrected chi connectivity index (χ3v) is 3.01. The van der Waals surface area contributed by atoms with Gasteiger partial charge in [0.05, 0.1) is 10.7 Å². The smallest absolute Gasteiger partial charge is 0.248 e. The van der Waals surface area contributed by atoms with E-state index in [9.17, 15) is 9.18 Å². The van der Waals surface area contributed by atoms with Gasteiger partial charge in [0.2, 0.25) is 5.91 Å². The van der Waals surface area contributed by atoms with Crippen LogP contribution < -0.4 is 5.32 Å². The van der Waals surface area contributed by atoms with Crippen LogP contribution >= 0.6 is 23.2 Å². The summed E-state index contributed by atoms with van der Waals surface area (Å²) in [5.41, 5.74) is 1.06. The number of rotatable bonds is 3. The minimum Gasteiger partial charge on any atom is -0.321 e. The van der Waals surface area contributed by atoms with E-state index in [-0.39, 0.29) is 11.7 Å². The molecule has 0 aliphatic carbocycles. The second-order valence-electron chi connectivity index (χ2n) is 4.00. The summed E-state index contributed by atoms with van der Waals surface area (Å²) in [5.74, 6) is -0.716. The predicted molar refractivity (Wildman–Crippen MR) is 80.5 cm³/mol. The third kappa shape index (κ3) is 4.08. The van der Waals surface area contributed by atoms with Crippen LogP contribution in [-0.4, -0.2) is 5.91 Å². The third-order valence-electron chi connectivity index (χ3n) is 2.46. The summed E-state index contributed by atoms with van der Waals surface area (Å²) in [7, 11) is 0. The molecule has 0 bridgehead atoms. The van der Waals surface area contributed by atoms with E-state index >= 15 is 0 Å². The van der Waals surface area contributed by atoms with Crippen molar-refractivity contribution < 1.29 is 9.18 Å². The normalized spacial score (nSPS) is 10.8. The van der Waals surface area contributed by atoms with Gasteiger partial charge in [0.15, 0.2) is 0 Å². The first-order valence-corrected chi connectivity index (χ1v) is 6.50. The Morgan fingerprint density at radius 1 is 1.15 bits per heavy atom. The lowest BCUT2D eigenvalue weighted by atomic mass is 10.2. The van der Waals surface area contributed by atoms with Gasteiger partial charge in [0, 0.05) is 11.1 Å². The fourth-order valence-corrected chi connectivity index (χ4v) is 2.00. The van der Waals surface area contributed by atoms with Gasteiger partial charge in [-0.3, -0.25) is 4.79 Å². The van der Waals surface area contributed by atoms with Crippen molar-refractivity contribution in [2.45, 2.75) is 0 Å². The van der Waals surface area contributed by atoms with E-state index < -0.39 is 0 Å². The minimum atomic E-state index is -0.363. The lowest BCUT2D eigenvalue weighted by molar-refractivity contribution is -0.111. The second kappa shape index (κ2) is 6.55. The molecule has 0 radical (unpaired) electrons. The number of anilines is 1. The minimum absolute atomic E-state index is 0.352. The van der Waals surface area contributed by atoms with Gasteiger partial charge in [-0.15, -0.1) is 0 Å². The first-order valence-electron chi connectivity index (χ1n) is 5.74. The van der Waals surface area contributed by atoms with Crippen LogP contribution in [-0.2, 0) is 4.79 Å². The SMILES string of the molecule is O=C(/C=C/c1cccc(F)c1)Nc1ccc(Cl)cc1Cl. The Morgan fingerprint density at radius 3 is 2.65 bits per heavy atom. The van der Waals surface area contributed by atoms with Crippen LogP contribution in [0.3, 0.4) is 0 Å². The molecule has 0 heterocycles. The van der Waals surface area contributed by atoms with Gasteiger partial charge < -0.3 is 5.32 Å². The van der Waals surface area contributed by atoms with Gasteiger partial charge in [-0.2, -0.15) is 0 Å². The molecular formula is C15H10Cl2FNO. The molecule has 0 unspecified atom stereocenters. The van der Waals surface area contributed by atoms with E-state index in [0.29, 0.717) is 21.3 Å². The van der Waals surface area contributed by atoms with E-state index in [2.05, 4.69) is 5.32 Å². The number of hydrogen-bond donors (Lipinski definition) is 1. The number of benzene rings is 2. The van der Waals surface area contributed by atoms with Crippen LogP contribution in [0.15, 0.2) is 48.5 Å². The highest BCUT2D eigenvalue weighted by Crippen LogP contribution is 2.25. The molecule has 20 heavy (non-hydrogen) atoms. The molecule has 5 heteroatoms. The quantitative estimate of drug-likeness (QED) is 0.812. The van der Waals surface area contributed by atoms with E-state index in [1.165, 1.54) is 30.4 Å². The topological polar surface area (TPSA) is 29.1 Å². The predicted octanol–water partition coefficient (Wildman–Crippen LogP) is 4.78. The molecule has 1 amide bonds. The zero-order valence-corrected chi connectivity index (χ0v) is 11.8. The maximum atomic E-state index is 13.0. The monoisotopic (exact) mass is 309 g/mol. The lowest BCUT2D eigenvalue weighted by Crippen LogP contribution is -2.08. The zero-order valence-electron chi connectivity index (χ0n) is 10.2. The molecule has 0 saturated carbocycles. The van der Waals surface area contributed by atoms with Gasteiger partial charge in [-0.1, -0.05) is 35.3 Å². The maximum absolute atomic E-state index is 13.0. The first kappa shape index (κ1) is 14.6. The molecule has 2 nitrogen and oxygen atoms in total. The van der Waals surface area contributed by atoms with E-state index in [1.54, 1.807) is 24.3 Å². The van der Waals surface area contributed by atoms with E-state index in [4.69, 9.17) is 23.2 Å². The Balaban J connectivity index is 2.05. The molecule has 0 atom stereocenters. The van der Waals surface area contributed by atoms with Gasteiger partial charge in [0.25, 0.3) is 0 Å². The van der Waals surface area contributed by atoms with Gasteiger partial charge in [0.1, 0.15) is 5.82 Å². The van der Waals surface area contributed by atoms with Crippen LogP contribution in [0.25, 0.3) is 6.08 Å². The van der Waals surface area contributed by atoms with Crippen LogP contribution in [0.4, 0.5) is 10.1 Å². The number of nitrogens with one attached hydrogen (secondary N) is 1. The number of halogens is 3. The number of carbonyl (C=O) groups is 1. The fraction of sp³-hybridized carbons (Fsp3) is 0. The van der Waals surface area contributed by atoms with Crippen molar-refractivity contribution in [2.75, 3.05) is 5.32 Å². The zero-order chi connectivity index (χ0) is 14.5. The van der Waals surface area contributed by atoms with Crippen molar-refractivity contribution >= 4 is 40.9 Å². The van der Waals surface area contributed by atoms with Crippen molar-refractivity contribution in [3.05, 3.63) is 70.0 Å². The summed E-state index contributed by atoms with van der Waals surface area (Å²) < 4.78 is 13.0. The summed E-state index contributed by atoms with van der Waals surface area (Å²) in [6, 6.07) is 10.7. The highest BCUT2D eigenvalue weighted by molar-refractivity contribution is 6.36. The van der Waals surface area contributed by atoms with Crippen LogP contribution in [0.2, 0.25) is 10.0 Å². The number of carbonyl (C=O) groups excluding carboxylic acids is 1. The summed E-state index contributed by atoms with van der Waals surface area (Å²) in [6.45, 7) is 0. The molecule has 0 fully saturated rings. The summed E-state index contributed by atoms with van der Waals surface area (Å²) >= 11 is 11.7. The van der Waals surface area contributed by atoms with Crippen LogP contribution in [0, 0.1) is 5.82 Å². The fourth-order valence-electron chi connectivity index (χ4n) is 1.55. The molecule has 2 rings (SSSR count). The van der Waals surface area contributed by atoms with Crippen molar-refractivity contribution in [3.8, 4) is 0 Å².